The quantitative estimate of drug-likeness (QED) is 0.365. The Morgan fingerprint density at radius 3 is 2.48 bits per heavy atom. The molecule has 1 heterocycles. The van der Waals surface area contributed by atoms with Gasteiger partial charge in [0.05, 0.1) is 17.4 Å². The van der Waals surface area contributed by atoms with E-state index in [9.17, 15) is 9.59 Å². The molecule has 1 amide bonds. The van der Waals surface area contributed by atoms with E-state index in [1.165, 1.54) is 0 Å². The molecule has 0 bridgehead atoms. The molecule has 6 heteroatoms. The van der Waals surface area contributed by atoms with Crippen LogP contribution in [0.4, 0.5) is 5.69 Å². The fourth-order valence-corrected chi connectivity index (χ4v) is 4.02. The number of halogens is 1. The summed E-state index contributed by atoms with van der Waals surface area (Å²) in [6.07, 6.45) is 1.97. The minimum absolute atomic E-state index is 0.0926. The van der Waals surface area contributed by atoms with Gasteiger partial charge in [-0.25, -0.2) is 4.98 Å². The number of amides is 1. The molecule has 3 aromatic carbocycles. The first-order valence-corrected chi connectivity index (χ1v) is 11.5. The van der Waals surface area contributed by atoms with Gasteiger partial charge in [0.2, 0.25) is 5.91 Å². The number of nitrogens with zero attached hydrogens (tertiary/aromatic N) is 2. The van der Waals surface area contributed by atoms with E-state index in [-0.39, 0.29) is 11.5 Å². The third kappa shape index (κ3) is 5.15. The van der Waals surface area contributed by atoms with Crippen LogP contribution in [0.5, 0.6) is 0 Å². The molecule has 1 aromatic heterocycles. The zero-order valence-electron chi connectivity index (χ0n) is 18.8. The zero-order chi connectivity index (χ0) is 23.4. The highest BCUT2D eigenvalue weighted by atomic mass is 35.5. The van der Waals surface area contributed by atoms with Crippen LogP contribution in [0.1, 0.15) is 38.1 Å². The molecule has 0 aliphatic carbocycles. The third-order valence-electron chi connectivity index (χ3n) is 5.56. The van der Waals surface area contributed by atoms with Crippen molar-refractivity contribution < 1.29 is 4.79 Å². The number of fused-ring (bicyclic) bond motifs is 1. The van der Waals surface area contributed by atoms with Crippen molar-refractivity contribution in [3.8, 4) is 11.1 Å². The fourth-order valence-electron chi connectivity index (χ4n) is 3.82. The second-order valence-electron chi connectivity index (χ2n) is 8.01. The number of nitrogens with one attached hydrogen (secondary N) is 1. The lowest BCUT2D eigenvalue weighted by molar-refractivity contribution is -0.115. The van der Waals surface area contributed by atoms with Crippen LogP contribution in [-0.2, 0) is 17.8 Å². The van der Waals surface area contributed by atoms with Gasteiger partial charge in [-0.1, -0.05) is 61.8 Å². The summed E-state index contributed by atoms with van der Waals surface area (Å²) in [5, 5.41) is 4.02. The highest BCUT2D eigenvalue weighted by molar-refractivity contribution is 6.30. The van der Waals surface area contributed by atoms with Gasteiger partial charge in [0.1, 0.15) is 5.82 Å². The Balaban J connectivity index is 1.70. The van der Waals surface area contributed by atoms with Crippen LogP contribution < -0.4 is 10.9 Å². The number of anilines is 1. The van der Waals surface area contributed by atoms with E-state index >= 15 is 0 Å². The molecule has 4 aromatic rings. The molecular formula is C27H26ClN3O2. The maximum Gasteiger partial charge on any atom is 0.261 e. The molecular weight excluding hydrogens is 434 g/mol. The van der Waals surface area contributed by atoms with Gasteiger partial charge < -0.3 is 5.32 Å². The Kier molecular flexibility index (Phi) is 6.90. The van der Waals surface area contributed by atoms with E-state index < -0.39 is 0 Å². The number of hydrogen-bond donors (Lipinski definition) is 1. The summed E-state index contributed by atoms with van der Waals surface area (Å²) in [5.74, 6) is 0.671. The van der Waals surface area contributed by atoms with Crippen molar-refractivity contribution in [2.24, 2.45) is 0 Å². The van der Waals surface area contributed by atoms with Crippen LogP contribution >= 0.6 is 11.6 Å². The molecule has 0 spiro atoms. The van der Waals surface area contributed by atoms with Crippen LogP contribution in [-0.4, -0.2) is 15.5 Å². The minimum atomic E-state index is -0.102. The first-order valence-electron chi connectivity index (χ1n) is 11.2. The minimum Gasteiger partial charge on any atom is -0.326 e. The monoisotopic (exact) mass is 459 g/mol. The fraction of sp³-hybridized carbons (Fsp3) is 0.222. The van der Waals surface area contributed by atoms with Crippen molar-refractivity contribution in [1.29, 1.82) is 0 Å². The van der Waals surface area contributed by atoms with Crippen molar-refractivity contribution >= 4 is 34.1 Å². The molecule has 0 radical (unpaired) electrons. The molecule has 168 valence electrons. The molecule has 0 saturated carbocycles. The number of benzene rings is 3. The van der Waals surface area contributed by atoms with Crippen LogP contribution in [0, 0.1) is 0 Å². The normalized spacial score (nSPS) is 11.0. The molecule has 0 atom stereocenters. The van der Waals surface area contributed by atoms with Crippen molar-refractivity contribution in [3.63, 3.8) is 0 Å². The lowest BCUT2D eigenvalue weighted by Crippen LogP contribution is -2.26. The molecule has 1 N–H and O–H groups in total. The molecule has 0 aliphatic rings. The number of rotatable bonds is 7. The molecule has 0 unspecified atom stereocenters. The average molecular weight is 460 g/mol. The second-order valence-corrected chi connectivity index (χ2v) is 8.45. The maximum absolute atomic E-state index is 13.5. The van der Waals surface area contributed by atoms with Crippen LogP contribution in [0.25, 0.3) is 22.0 Å². The third-order valence-corrected chi connectivity index (χ3v) is 5.80. The summed E-state index contributed by atoms with van der Waals surface area (Å²) in [6, 6.07) is 21.2. The lowest BCUT2D eigenvalue weighted by atomic mass is 10.0. The molecule has 0 saturated heterocycles. The van der Waals surface area contributed by atoms with Crippen molar-refractivity contribution in [1.82, 2.24) is 9.55 Å². The van der Waals surface area contributed by atoms with Gasteiger partial charge in [0, 0.05) is 23.6 Å². The number of aromatic nitrogens is 2. The van der Waals surface area contributed by atoms with E-state index in [2.05, 4.69) is 12.2 Å². The Morgan fingerprint density at radius 2 is 1.79 bits per heavy atom. The number of hydrogen-bond acceptors (Lipinski definition) is 3. The smallest absolute Gasteiger partial charge is 0.261 e. The highest BCUT2D eigenvalue weighted by Gasteiger charge is 2.13. The number of carbonyl (C=O) groups is 1. The summed E-state index contributed by atoms with van der Waals surface area (Å²) < 4.78 is 1.74. The number of carbonyl (C=O) groups excluding carboxylic acids is 1. The summed E-state index contributed by atoms with van der Waals surface area (Å²) in [5.41, 5.74) is 4.27. The second kappa shape index (κ2) is 10.0. The van der Waals surface area contributed by atoms with E-state index in [1.54, 1.807) is 29.7 Å². The van der Waals surface area contributed by atoms with E-state index in [4.69, 9.17) is 16.6 Å². The first kappa shape index (κ1) is 22.7. The van der Waals surface area contributed by atoms with Crippen molar-refractivity contribution in [2.45, 2.75) is 39.7 Å². The molecule has 5 nitrogen and oxygen atoms in total. The average Bonchev–Trinajstić information content (AvgIpc) is 2.82. The van der Waals surface area contributed by atoms with Crippen molar-refractivity contribution in [2.75, 3.05) is 5.32 Å². The molecule has 33 heavy (non-hydrogen) atoms. The summed E-state index contributed by atoms with van der Waals surface area (Å²) >= 11 is 6.12. The Hall–Kier alpha value is -3.44. The Bertz CT molecular complexity index is 1360. The largest absolute Gasteiger partial charge is 0.326 e. The van der Waals surface area contributed by atoms with Gasteiger partial charge in [-0.2, -0.15) is 0 Å². The molecule has 4 rings (SSSR count). The van der Waals surface area contributed by atoms with Gasteiger partial charge in [0.25, 0.3) is 5.56 Å². The zero-order valence-corrected chi connectivity index (χ0v) is 19.5. The maximum atomic E-state index is 13.5. The predicted octanol–water partition coefficient (Wildman–Crippen LogP) is 6.07. The van der Waals surface area contributed by atoms with Gasteiger partial charge in [-0.05, 0) is 53.4 Å². The van der Waals surface area contributed by atoms with E-state index in [1.807, 2.05) is 48.5 Å². The van der Waals surface area contributed by atoms with Crippen LogP contribution in [0.15, 0.2) is 71.5 Å². The summed E-state index contributed by atoms with van der Waals surface area (Å²) in [7, 11) is 0. The molecule has 0 aliphatic heterocycles. The highest BCUT2D eigenvalue weighted by Crippen LogP contribution is 2.23. The van der Waals surface area contributed by atoms with E-state index in [0.717, 1.165) is 28.9 Å². The first-order chi connectivity index (χ1) is 16.0. The van der Waals surface area contributed by atoms with Gasteiger partial charge in [-0.3, -0.25) is 14.2 Å². The molecule has 0 fully saturated rings. The van der Waals surface area contributed by atoms with Crippen LogP contribution in [0.2, 0.25) is 5.02 Å². The van der Waals surface area contributed by atoms with E-state index in [0.29, 0.717) is 41.0 Å². The van der Waals surface area contributed by atoms with Gasteiger partial charge in [-0.15, -0.1) is 0 Å². The SMILES string of the molecule is CCCc1nc2ccc(NC(=O)CC)cc2c(=O)n1Cc1ccc(-c2cccc(Cl)c2)cc1. The van der Waals surface area contributed by atoms with Crippen molar-refractivity contribution in [3.05, 3.63) is 93.5 Å². The summed E-state index contributed by atoms with van der Waals surface area (Å²) in [4.78, 5) is 30.0. The number of aryl methyl sites for hydroxylation is 1. The van der Waals surface area contributed by atoms with Gasteiger partial charge >= 0.3 is 0 Å². The Morgan fingerprint density at radius 1 is 1.00 bits per heavy atom. The lowest BCUT2D eigenvalue weighted by Gasteiger charge is -2.14. The Labute approximate surface area is 198 Å². The predicted molar refractivity (Wildman–Crippen MR) is 135 cm³/mol. The summed E-state index contributed by atoms with van der Waals surface area (Å²) in [6.45, 7) is 4.29. The van der Waals surface area contributed by atoms with Crippen LogP contribution in [0.3, 0.4) is 0 Å². The topological polar surface area (TPSA) is 64.0 Å². The van der Waals surface area contributed by atoms with Gasteiger partial charge in [0.15, 0.2) is 0 Å². The standard InChI is InChI=1S/C27H26ClN3O2/c1-3-6-25-30-24-14-13-22(29-26(32)4-2)16-23(24)27(33)31(25)17-18-9-11-19(12-10-18)20-7-5-8-21(28)15-20/h5,7-16H,3-4,6,17H2,1-2H3,(H,29,32).